The summed E-state index contributed by atoms with van der Waals surface area (Å²) in [6.45, 7) is 3.97. The number of hydrogen-bond acceptors (Lipinski definition) is 2. The van der Waals surface area contributed by atoms with Crippen LogP contribution in [0.15, 0.2) is 61.2 Å². The van der Waals surface area contributed by atoms with Gasteiger partial charge in [-0.3, -0.25) is 0 Å². The molecule has 102 valence electrons. The van der Waals surface area contributed by atoms with Gasteiger partial charge in [-0.1, -0.05) is 36.4 Å². The molecular weight excluding hydrogens is 246 g/mol. The highest BCUT2D eigenvalue weighted by molar-refractivity contribution is 5.49. The van der Waals surface area contributed by atoms with Crippen molar-refractivity contribution in [3.63, 3.8) is 0 Å². The first-order valence-electron chi connectivity index (χ1n) is 6.86. The van der Waals surface area contributed by atoms with Gasteiger partial charge in [0.25, 0.3) is 0 Å². The molecule has 0 radical (unpaired) electrons. The average Bonchev–Trinajstić information content (AvgIpc) is 2.85. The third kappa shape index (κ3) is 2.07. The summed E-state index contributed by atoms with van der Waals surface area (Å²) >= 11 is 0. The highest BCUT2D eigenvalue weighted by Gasteiger charge is 2.32. The molecule has 0 amide bonds. The van der Waals surface area contributed by atoms with E-state index in [1.54, 1.807) is 0 Å². The third-order valence-electron chi connectivity index (χ3n) is 3.85. The Morgan fingerprint density at radius 1 is 1.05 bits per heavy atom. The number of anilines is 1. The number of nitrogens with zero attached hydrogens (tertiary/aromatic N) is 1. The van der Waals surface area contributed by atoms with E-state index in [1.165, 1.54) is 16.8 Å². The van der Waals surface area contributed by atoms with Crippen molar-refractivity contribution >= 4 is 5.69 Å². The molecule has 2 nitrogen and oxygen atoms in total. The van der Waals surface area contributed by atoms with E-state index in [9.17, 15) is 0 Å². The molecule has 1 aliphatic rings. The molecule has 2 aromatic carbocycles. The summed E-state index contributed by atoms with van der Waals surface area (Å²) in [7, 11) is 4.09. The summed E-state index contributed by atoms with van der Waals surface area (Å²) in [5.41, 5.74) is 3.61. The van der Waals surface area contributed by atoms with Gasteiger partial charge in [-0.15, -0.1) is 6.58 Å². The predicted molar refractivity (Wildman–Crippen MR) is 83.5 cm³/mol. The van der Waals surface area contributed by atoms with E-state index < -0.39 is 0 Å². The summed E-state index contributed by atoms with van der Waals surface area (Å²) in [5.74, 6) is 1.19. The molecule has 0 bridgehead atoms. The number of para-hydroxylation sites is 1. The molecule has 0 saturated heterocycles. The van der Waals surface area contributed by atoms with Crippen molar-refractivity contribution < 1.29 is 4.74 Å². The van der Waals surface area contributed by atoms with E-state index in [0.717, 1.165) is 5.75 Å². The summed E-state index contributed by atoms with van der Waals surface area (Å²) in [6.07, 6.45) is 2.01. The van der Waals surface area contributed by atoms with Crippen LogP contribution in [0.25, 0.3) is 0 Å². The first-order valence-corrected chi connectivity index (χ1v) is 6.86. The second-order valence-electron chi connectivity index (χ2n) is 5.32. The number of fused-ring (bicyclic) bond motifs is 1. The number of rotatable bonds is 3. The topological polar surface area (TPSA) is 12.5 Å². The van der Waals surface area contributed by atoms with Crippen LogP contribution in [-0.2, 0) is 0 Å². The normalized spacial score (nSPS) is 20.1. The summed E-state index contributed by atoms with van der Waals surface area (Å²) in [6, 6.07) is 16.7. The molecule has 2 aromatic rings. The van der Waals surface area contributed by atoms with Crippen LogP contribution in [0.2, 0.25) is 0 Å². The van der Waals surface area contributed by atoms with Gasteiger partial charge in [0.15, 0.2) is 0 Å². The zero-order chi connectivity index (χ0) is 14.1. The molecule has 2 atom stereocenters. The van der Waals surface area contributed by atoms with Crippen LogP contribution in [0.1, 0.15) is 23.1 Å². The Morgan fingerprint density at radius 2 is 1.75 bits per heavy atom. The lowest BCUT2D eigenvalue weighted by atomic mass is 9.91. The maximum atomic E-state index is 6.11. The molecule has 0 aromatic heterocycles. The van der Waals surface area contributed by atoms with Crippen molar-refractivity contribution in [3.05, 3.63) is 72.3 Å². The van der Waals surface area contributed by atoms with Gasteiger partial charge in [0, 0.05) is 31.3 Å². The monoisotopic (exact) mass is 265 g/mol. The van der Waals surface area contributed by atoms with E-state index in [1.807, 2.05) is 32.3 Å². The van der Waals surface area contributed by atoms with Gasteiger partial charge in [-0.05, 0) is 23.8 Å². The quantitative estimate of drug-likeness (QED) is 0.773. The Kier molecular flexibility index (Phi) is 3.23. The maximum Gasteiger partial charge on any atom is 0.134 e. The first kappa shape index (κ1) is 12.8. The first-order chi connectivity index (χ1) is 9.70. The zero-order valence-corrected chi connectivity index (χ0v) is 11.9. The van der Waals surface area contributed by atoms with Crippen LogP contribution in [0, 0.1) is 0 Å². The molecular formula is C18H19NO. The number of benzene rings is 2. The van der Waals surface area contributed by atoms with Crippen molar-refractivity contribution in [3.8, 4) is 5.75 Å². The third-order valence-corrected chi connectivity index (χ3v) is 3.85. The van der Waals surface area contributed by atoms with E-state index in [2.05, 4.69) is 47.9 Å². The molecule has 0 N–H and O–H groups in total. The Morgan fingerprint density at radius 3 is 2.40 bits per heavy atom. The summed E-state index contributed by atoms with van der Waals surface area (Å²) in [5, 5.41) is 0. The van der Waals surface area contributed by atoms with E-state index in [0.29, 0.717) is 0 Å². The van der Waals surface area contributed by atoms with Gasteiger partial charge in [0.05, 0.1) is 0 Å². The molecule has 0 unspecified atom stereocenters. The molecule has 0 spiro atoms. The lowest BCUT2D eigenvalue weighted by Gasteiger charge is -2.18. The minimum atomic E-state index is 0.0288. The van der Waals surface area contributed by atoms with Crippen molar-refractivity contribution in [2.75, 3.05) is 19.0 Å². The van der Waals surface area contributed by atoms with Crippen molar-refractivity contribution in [2.45, 2.75) is 12.0 Å². The summed E-state index contributed by atoms with van der Waals surface area (Å²) < 4.78 is 6.11. The fourth-order valence-corrected chi connectivity index (χ4v) is 2.72. The smallest absolute Gasteiger partial charge is 0.134 e. The fourth-order valence-electron chi connectivity index (χ4n) is 2.72. The SMILES string of the molecule is C=C[C@@H]1c2ccccc2O[C@H]1c1ccc(N(C)C)cc1. The van der Waals surface area contributed by atoms with Crippen LogP contribution in [-0.4, -0.2) is 14.1 Å². The Balaban J connectivity index is 1.93. The standard InChI is InChI=1S/C18H19NO/c1-4-15-16-7-5-6-8-17(16)20-18(15)13-9-11-14(12-10-13)19(2)3/h4-12,15,18H,1H2,2-3H3/t15-,18+/m1/s1. The highest BCUT2D eigenvalue weighted by atomic mass is 16.5. The zero-order valence-electron chi connectivity index (χ0n) is 11.9. The minimum absolute atomic E-state index is 0.0288. The van der Waals surface area contributed by atoms with Crippen molar-refractivity contribution in [1.29, 1.82) is 0 Å². The van der Waals surface area contributed by atoms with Gasteiger partial charge >= 0.3 is 0 Å². The molecule has 1 heterocycles. The largest absolute Gasteiger partial charge is 0.484 e. The second kappa shape index (κ2) is 5.04. The van der Waals surface area contributed by atoms with Crippen LogP contribution in [0.3, 0.4) is 0 Å². The molecule has 2 heteroatoms. The van der Waals surface area contributed by atoms with Gasteiger partial charge < -0.3 is 9.64 Å². The molecule has 0 saturated carbocycles. The lowest BCUT2D eigenvalue weighted by Crippen LogP contribution is -2.10. The summed E-state index contributed by atoms with van der Waals surface area (Å²) in [4.78, 5) is 2.10. The highest BCUT2D eigenvalue weighted by Crippen LogP contribution is 2.46. The average molecular weight is 265 g/mol. The Hall–Kier alpha value is -2.22. The van der Waals surface area contributed by atoms with Crippen LogP contribution < -0.4 is 9.64 Å². The number of hydrogen-bond donors (Lipinski definition) is 0. The van der Waals surface area contributed by atoms with Crippen molar-refractivity contribution in [1.82, 2.24) is 0 Å². The van der Waals surface area contributed by atoms with Gasteiger partial charge in [-0.2, -0.15) is 0 Å². The Labute approximate surface area is 120 Å². The molecule has 3 rings (SSSR count). The van der Waals surface area contributed by atoms with Gasteiger partial charge in [0.2, 0.25) is 0 Å². The van der Waals surface area contributed by atoms with Crippen LogP contribution >= 0.6 is 0 Å². The maximum absolute atomic E-state index is 6.11. The second-order valence-corrected chi connectivity index (χ2v) is 5.32. The van der Waals surface area contributed by atoms with Gasteiger partial charge in [0.1, 0.15) is 11.9 Å². The van der Waals surface area contributed by atoms with E-state index in [4.69, 9.17) is 4.74 Å². The van der Waals surface area contributed by atoms with Crippen molar-refractivity contribution in [2.24, 2.45) is 0 Å². The van der Waals surface area contributed by atoms with E-state index >= 15 is 0 Å². The molecule has 20 heavy (non-hydrogen) atoms. The minimum Gasteiger partial charge on any atom is -0.484 e. The fraction of sp³-hybridized carbons (Fsp3) is 0.222. The molecule has 0 fully saturated rings. The predicted octanol–water partition coefficient (Wildman–Crippen LogP) is 4.16. The molecule has 1 aliphatic heterocycles. The van der Waals surface area contributed by atoms with Crippen LogP contribution in [0.5, 0.6) is 5.75 Å². The Bertz CT molecular complexity index is 616. The molecule has 0 aliphatic carbocycles. The van der Waals surface area contributed by atoms with E-state index in [-0.39, 0.29) is 12.0 Å². The lowest BCUT2D eigenvalue weighted by molar-refractivity contribution is 0.225. The van der Waals surface area contributed by atoms with Gasteiger partial charge in [-0.25, -0.2) is 0 Å². The van der Waals surface area contributed by atoms with Crippen LogP contribution in [0.4, 0.5) is 5.69 Å². The number of ether oxygens (including phenoxy) is 1.